The molecule has 0 bridgehead atoms. The summed E-state index contributed by atoms with van der Waals surface area (Å²) in [6, 6.07) is 27.2. The van der Waals surface area contributed by atoms with Crippen molar-refractivity contribution >= 4 is 39.3 Å². The number of fused-ring (bicyclic) bond motifs is 1. The highest BCUT2D eigenvalue weighted by Gasteiger charge is 2.18. The van der Waals surface area contributed by atoms with Crippen LogP contribution in [-0.2, 0) is 0 Å². The molecule has 0 spiro atoms. The van der Waals surface area contributed by atoms with Crippen molar-refractivity contribution in [2.75, 3.05) is 13.2 Å². The zero-order valence-electron chi connectivity index (χ0n) is 34.1. The van der Waals surface area contributed by atoms with E-state index in [1.165, 1.54) is 88.4 Å². The summed E-state index contributed by atoms with van der Waals surface area (Å²) in [7, 11) is 0. The Labute approximate surface area is 347 Å². The van der Waals surface area contributed by atoms with Crippen LogP contribution in [0.3, 0.4) is 0 Å². The standard InChI is InChI=1S/C49H58O8S/c1-3-5-7-9-11-13-15-17-34-53-40-26-22-38(23-27-40)48(51)57-44-21-19-20-39-36-45(58-46(39)44)49(52)56-42-28-24-37(25-29-42)47(50)55-43-32-30-41(31-33-43)54-35-18-16-14-12-10-8-6-4-2/h19-33,36H,3-18,34-35H2,1-2H3. The van der Waals surface area contributed by atoms with E-state index in [9.17, 15) is 14.4 Å². The van der Waals surface area contributed by atoms with Crippen molar-refractivity contribution in [2.45, 2.75) is 117 Å². The molecule has 0 radical (unpaired) electrons. The molecule has 1 heterocycles. The van der Waals surface area contributed by atoms with E-state index in [2.05, 4.69) is 13.8 Å². The van der Waals surface area contributed by atoms with Crippen LogP contribution in [0.25, 0.3) is 10.1 Å². The normalized spacial score (nSPS) is 11.0. The number of carbonyl (C=O) groups excluding carboxylic acids is 3. The van der Waals surface area contributed by atoms with Gasteiger partial charge in [0.05, 0.1) is 29.0 Å². The van der Waals surface area contributed by atoms with Gasteiger partial charge in [0, 0.05) is 0 Å². The molecule has 0 aliphatic heterocycles. The van der Waals surface area contributed by atoms with E-state index < -0.39 is 17.9 Å². The fraction of sp³-hybridized carbons (Fsp3) is 0.408. The number of unbranched alkanes of at least 4 members (excludes halogenated alkanes) is 14. The lowest BCUT2D eigenvalue weighted by atomic mass is 10.1. The third kappa shape index (κ3) is 14.7. The maximum Gasteiger partial charge on any atom is 0.353 e. The van der Waals surface area contributed by atoms with Crippen LogP contribution < -0.4 is 23.7 Å². The minimum Gasteiger partial charge on any atom is -0.494 e. The second-order valence-electron chi connectivity index (χ2n) is 14.6. The van der Waals surface area contributed by atoms with Crippen molar-refractivity contribution in [1.82, 2.24) is 0 Å². The molecule has 0 saturated heterocycles. The second kappa shape index (κ2) is 24.6. The van der Waals surface area contributed by atoms with E-state index >= 15 is 0 Å². The Morgan fingerprint density at radius 1 is 0.448 bits per heavy atom. The van der Waals surface area contributed by atoms with Gasteiger partial charge in [-0.15, -0.1) is 11.3 Å². The van der Waals surface area contributed by atoms with E-state index in [0.29, 0.717) is 51.2 Å². The Kier molecular flexibility index (Phi) is 18.6. The molecule has 0 aliphatic carbocycles. The average molecular weight is 807 g/mol. The summed E-state index contributed by atoms with van der Waals surface area (Å²) in [4.78, 5) is 39.4. The van der Waals surface area contributed by atoms with Gasteiger partial charge in [-0.2, -0.15) is 0 Å². The van der Waals surface area contributed by atoms with Crippen LogP contribution in [0.5, 0.6) is 28.7 Å². The molecule has 8 nitrogen and oxygen atoms in total. The molecule has 1 aromatic heterocycles. The number of carbonyl (C=O) groups is 3. The van der Waals surface area contributed by atoms with Crippen LogP contribution in [0, 0.1) is 0 Å². The van der Waals surface area contributed by atoms with Crippen LogP contribution in [0.4, 0.5) is 0 Å². The molecule has 5 rings (SSSR count). The smallest absolute Gasteiger partial charge is 0.353 e. The molecule has 5 aromatic rings. The van der Waals surface area contributed by atoms with Gasteiger partial charge < -0.3 is 23.7 Å². The topological polar surface area (TPSA) is 97.4 Å². The molecule has 0 N–H and O–H groups in total. The molecule has 0 saturated carbocycles. The first-order valence-corrected chi connectivity index (χ1v) is 22.0. The first-order chi connectivity index (χ1) is 28.4. The first-order valence-electron chi connectivity index (χ1n) is 21.2. The maximum atomic E-state index is 13.2. The lowest BCUT2D eigenvalue weighted by molar-refractivity contribution is 0.0725. The van der Waals surface area contributed by atoms with Gasteiger partial charge in [-0.3, -0.25) is 0 Å². The zero-order chi connectivity index (χ0) is 40.8. The average Bonchev–Trinajstić information content (AvgIpc) is 3.69. The van der Waals surface area contributed by atoms with E-state index in [0.717, 1.165) is 36.8 Å². The third-order valence-corrected chi connectivity index (χ3v) is 11.0. The molecule has 0 fully saturated rings. The molecule has 0 aliphatic rings. The Morgan fingerprint density at radius 2 is 0.862 bits per heavy atom. The van der Waals surface area contributed by atoms with Crippen LogP contribution in [-0.4, -0.2) is 31.1 Å². The first kappa shape index (κ1) is 44.0. The number of thiophene rings is 1. The predicted molar refractivity (Wildman–Crippen MR) is 232 cm³/mol. The molecule has 9 heteroatoms. The molecule has 4 aromatic carbocycles. The minimum atomic E-state index is -0.568. The molecule has 0 unspecified atom stereocenters. The Balaban J connectivity index is 1.04. The summed E-state index contributed by atoms with van der Waals surface area (Å²) in [5.74, 6) is 0.876. The molecular formula is C49H58O8S. The maximum absolute atomic E-state index is 13.2. The number of ether oxygens (including phenoxy) is 5. The molecule has 0 atom stereocenters. The van der Waals surface area contributed by atoms with Gasteiger partial charge in [-0.05, 0) is 103 Å². The van der Waals surface area contributed by atoms with Crippen molar-refractivity contribution < 1.29 is 38.1 Å². The molecule has 308 valence electrons. The molecule has 58 heavy (non-hydrogen) atoms. The van der Waals surface area contributed by atoms with Gasteiger partial charge in [0.25, 0.3) is 0 Å². The largest absolute Gasteiger partial charge is 0.494 e. The van der Waals surface area contributed by atoms with Crippen molar-refractivity contribution in [1.29, 1.82) is 0 Å². The van der Waals surface area contributed by atoms with Crippen molar-refractivity contribution in [3.05, 3.63) is 113 Å². The van der Waals surface area contributed by atoms with Crippen LogP contribution in [0.15, 0.2) is 97.1 Å². The monoisotopic (exact) mass is 806 g/mol. The van der Waals surface area contributed by atoms with E-state index in [-0.39, 0.29) is 5.75 Å². The molecule has 0 amide bonds. The fourth-order valence-corrected chi connectivity index (χ4v) is 7.49. The highest BCUT2D eigenvalue weighted by atomic mass is 32.1. The van der Waals surface area contributed by atoms with Gasteiger partial charge in [0.2, 0.25) is 0 Å². The van der Waals surface area contributed by atoms with Gasteiger partial charge in [0.1, 0.15) is 33.6 Å². The van der Waals surface area contributed by atoms with Gasteiger partial charge in [-0.1, -0.05) is 116 Å². The summed E-state index contributed by atoms with van der Waals surface area (Å²) in [5, 5.41) is 0.744. The van der Waals surface area contributed by atoms with Crippen LogP contribution in [0.2, 0.25) is 0 Å². The quantitative estimate of drug-likeness (QED) is 0.0309. The van der Waals surface area contributed by atoms with Gasteiger partial charge in [0.15, 0.2) is 0 Å². The van der Waals surface area contributed by atoms with Gasteiger partial charge >= 0.3 is 17.9 Å². The van der Waals surface area contributed by atoms with Gasteiger partial charge in [-0.25, -0.2) is 14.4 Å². The predicted octanol–water partition coefficient (Wildman–Crippen LogP) is 13.6. The summed E-state index contributed by atoms with van der Waals surface area (Å²) in [5.41, 5.74) is 0.705. The lowest BCUT2D eigenvalue weighted by Gasteiger charge is -2.08. The number of benzene rings is 4. The Hall–Kier alpha value is -5.15. The molecular weight excluding hydrogens is 749 g/mol. The van der Waals surface area contributed by atoms with Crippen molar-refractivity contribution in [3.63, 3.8) is 0 Å². The fourth-order valence-electron chi connectivity index (χ4n) is 6.50. The second-order valence-corrected chi connectivity index (χ2v) is 15.7. The lowest BCUT2D eigenvalue weighted by Crippen LogP contribution is -2.09. The van der Waals surface area contributed by atoms with E-state index in [4.69, 9.17) is 23.7 Å². The van der Waals surface area contributed by atoms with E-state index in [1.807, 2.05) is 6.07 Å². The Bertz CT molecular complexity index is 1980. The zero-order valence-corrected chi connectivity index (χ0v) is 35.0. The number of rotatable bonds is 26. The summed E-state index contributed by atoms with van der Waals surface area (Å²) in [6.45, 7) is 5.78. The van der Waals surface area contributed by atoms with Crippen LogP contribution in [0.1, 0.15) is 147 Å². The SMILES string of the molecule is CCCCCCCCCCOc1ccc(OC(=O)c2ccc(OC(=O)c3cc4cccc(OC(=O)c5ccc(OCCCCCCCCCC)cc5)c4s3)cc2)cc1. The van der Waals surface area contributed by atoms with E-state index in [1.54, 1.807) is 91.0 Å². The van der Waals surface area contributed by atoms with Crippen molar-refractivity contribution in [2.24, 2.45) is 0 Å². The number of esters is 3. The summed E-state index contributed by atoms with van der Waals surface area (Å²) >= 11 is 1.18. The Morgan fingerprint density at radius 3 is 1.38 bits per heavy atom. The number of hydrogen-bond acceptors (Lipinski definition) is 9. The summed E-state index contributed by atoms with van der Waals surface area (Å²) in [6.07, 6.45) is 19.9. The van der Waals surface area contributed by atoms with Crippen LogP contribution >= 0.6 is 11.3 Å². The summed E-state index contributed by atoms with van der Waals surface area (Å²) < 4.78 is 29.3. The van der Waals surface area contributed by atoms with Crippen molar-refractivity contribution in [3.8, 4) is 28.7 Å². The highest BCUT2D eigenvalue weighted by molar-refractivity contribution is 7.21. The minimum absolute atomic E-state index is 0.272. The highest BCUT2D eigenvalue weighted by Crippen LogP contribution is 2.35. The third-order valence-electron chi connectivity index (χ3n) is 9.87. The number of hydrogen-bond donors (Lipinski definition) is 0.